The van der Waals surface area contributed by atoms with E-state index in [1.165, 1.54) is 0 Å². The molecule has 0 spiro atoms. The molecule has 6 nitrogen and oxygen atoms in total. The summed E-state index contributed by atoms with van der Waals surface area (Å²) in [7, 11) is 0. The zero-order chi connectivity index (χ0) is 10.8. The molecule has 0 amide bonds. The molecule has 78 valence electrons. The standard InChI is InChI=1S/C10H8N6/c1-2-8(10-12-14-15-13-10)6-9(3-1)16-5-4-11-7-16/h1-7H,(H,12,13,14,15)/p+1. The molecule has 0 aliphatic rings. The second-order valence-corrected chi connectivity index (χ2v) is 3.30. The third-order valence-corrected chi connectivity index (χ3v) is 2.29. The van der Waals surface area contributed by atoms with Crippen LogP contribution in [-0.4, -0.2) is 25.6 Å². The Hall–Kier alpha value is -2.50. The molecule has 0 unspecified atom stereocenters. The molecule has 0 radical (unpaired) electrons. The first-order valence-electron chi connectivity index (χ1n) is 4.82. The third kappa shape index (κ3) is 1.46. The summed E-state index contributed by atoms with van der Waals surface area (Å²) in [4.78, 5) is 3.00. The Kier molecular flexibility index (Phi) is 1.96. The minimum absolute atomic E-state index is 0.595. The molecule has 0 aliphatic carbocycles. The van der Waals surface area contributed by atoms with Crippen LogP contribution < -0.4 is 4.57 Å². The predicted octanol–water partition coefficient (Wildman–Crippen LogP) is 0.471. The fourth-order valence-corrected chi connectivity index (χ4v) is 1.54. The Bertz CT molecular complexity index is 520. The second kappa shape index (κ2) is 3.58. The molecule has 0 bridgehead atoms. The highest BCUT2D eigenvalue weighted by Gasteiger charge is 2.06. The van der Waals surface area contributed by atoms with Crippen LogP contribution in [0.25, 0.3) is 17.1 Å². The van der Waals surface area contributed by atoms with Crippen molar-refractivity contribution in [1.82, 2.24) is 25.6 Å². The van der Waals surface area contributed by atoms with E-state index in [1.54, 1.807) is 0 Å². The van der Waals surface area contributed by atoms with Gasteiger partial charge >= 0.3 is 0 Å². The average Bonchev–Trinajstić information content (AvgIpc) is 3.03. The Balaban J connectivity index is 2.07. The highest BCUT2D eigenvalue weighted by Crippen LogP contribution is 2.14. The van der Waals surface area contributed by atoms with Gasteiger partial charge in [0.1, 0.15) is 18.1 Å². The van der Waals surface area contributed by atoms with Gasteiger partial charge in [-0.3, -0.25) is 0 Å². The molecule has 16 heavy (non-hydrogen) atoms. The van der Waals surface area contributed by atoms with E-state index >= 15 is 0 Å². The number of nitrogens with zero attached hydrogens (tertiary/aromatic N) is 4. The van der Waals surface area contributed by atoms with E-state index in [-0.39, 0.29) is 0 Å². The maximum Gasteiger partial charge on any atom is 0.246 e. The molecule has 2 N–H and O–H groups in total. The second-order valence-electron chi connectivity index (χ2n) is 3.30. The van der Waals surface area contributed by atoms with Gasteiger partial charge in [-0.15, -0.1) is 10.2 Å². The van der Waals surface area contributed by atoms with Gasteiger partial charge < -0.3 is 0 Å². The predicted molar refractivity (Wildman–Crippen MR) is 55.5 cm³/mol. The number of hydrogen-bond acceptors (Lipinski definition) is 3. The zero-order valence-corrected chi connectivity index (χ0v) is 8.33. The molecule has 0 fully saturated rings. The summed E-state index contributed by atoms with van der Waals surface area (Å²) in [5, 5.41) is 13.9. The molecule has 6 heteroatoms. The van der Waals surface area contributed by atoms with Gasteiger partial charge in [0.05, 0.1) is 0 Å². The summed E-state index contributed by atoms with van der Waals surface area (Å²) in [5.74, 6) is 0.595. The smallest absolute Gasteiger partial charge is 0.246 e. The van der Waals surface area contributed by atoms with E-state index in [4.69, 9.17) is 0 Å². The van der Waals surface area contributed by atoms with E-state index in [2.05, 4.69) is 25.6 Å². The van der Waals surface area contributed by atoms with E-state index < -0.39 is 0 Å². The lowest BCUT2D eigenvalue weighted by atomic mass is 10.2. The van der Waals surface area contributed by atoms with E-state index in [1.807, 2.05) is 47.6 Å². The van der Waals surface area contributed by atoms with Gasteiger partial charge in [0, 0.05) is 5.56 Å². The molecular formula is C10H9N6+. The van der Waals surface area contributed by atoms with E-state index in [0.29, 0.717) is 5.82 Å². The molecule has 0 saturated carbocycles. The summed E-state index contributed by atoms with van der Waals surface area (Å²) in [6, 6.07) is 7.92. The van der Waals surface area contributed by atoms with Gasteiger partial charge in [-0.2, -0.15) is 5.21 Å². The first-order chi connectivity index (χ1) is 7.93. The molecule has 0 atom stereocenters. The fraction of sp³-hybridized carbons (Fsp3) is 0. The quantitative estimate of drug-likeness (QED) is 0.608. The first-order valence-corrected chi connectivity index (χ1v) is 4.82. The van der Waals surface area contributed by atoms with Gasteiger partial charge in [-0.05, 0) is 17.3 Å². The van der Waals surface area contributed by atoms with Gasteiger partial charge in [0.15, 0.2) is 0 Å². The SMILES string of the molecule is c1cc(-c2nn[nH]n2)cc(-[n+]2cc[nH]c2)c1. The van der Waals surface area contributed by atoms with Crippen molar-refractivity contribution < 1.29 is 4.57 Å². The van der Waals surface area contributed by atoms with Crippen molar-refractivity contribution in [3.63, 3.8) is 0 Å². The van der Waals surface area contributed by atoms with Crippen molar-refractivity contribution in [2.45, 2.75) is 0 Å². The Morgan fingerprint density at radius 1 is 1.25 bits per heavy atom. The zero-order valence-electron chi connectivity index (χ0n) is 8.33. The van der Waals surface area contributed by atoms with Crippen LogP contribution in [0.15, 0.2) is 43.0 Å². The van der Waals surface area contributed by atoms with Gasteiger partial charge in [0.25, 0.3) is 0 Å². The van der Waals surface area contributed by atoms with Gasteiger partial charge in [-0.1, -0.05) is 12.1 Å². The number of rotatable bonds is 2. The fourth-order valence-electron chi connectivity index (χ4n) is 1.54. The number of hydrogen-bond donors (Lipinski definition) is 2. The summed E-state index contributed by atoms with van der Waals surface area (Å²) < 4.78 is 1.98. The number of aromatic nitrogens is 6. The van der Waals surface area contributed by atoms with Crippen molar-refractivity contribution in [2.24, 2.45) is 0 Å². The van der Waals surface area contributed by atoms with Crippen molar-refractivity contribution in [3.05, 3.63) is 43.0 Å². The lowest BCUT2D eigenvalue weighted by molar-refractivity contribution is -0.594. The van der Waals surface area contributed by atoms with Crippen molar-refractivity contribution in [2.75, 3.05) is 0 Å². The van der Waals surface area contributed by atoms with Crippen LogP contribution in [0.5, 0.6) is 0 Å². The maximum atomic E-state index is 3.94. The molecular weight excluding hydrogens is 204 g/mol. The number of benzene rings is 1. The molecule has 3 aromatic rings. The van der Waals surface area contributed by atoms with Crippen LogP contribution in [-0.2, 0) is 0 Å². The molecule has 0 aliphatic heterocycles. The highest BCUT2D eigenvalue weighted by molar-refractivity contribution is 5.56. The topological polar surface area (TPSA) is 74.1 Å². The van der Waals surface area contributed by atoms with Crippen LogP contribution in [0.1, 0.15) is 0 Å². The number of H-pyrrole nitrogens is 2. The van der Waals surface area contributed by atoms with Crippen molar-refractivity contribution in [1.29, 1.82) is 0 Å². The molecule has 3 rings (SSSR count). The van der Waals surface area contributed by atoms with Crippen LogP contribution in [0.3, 0.4) is 0 Å². The highest BCUT2D eigenvalue weighted by atomic mass is 15.5. The van der Waals surface area contributed by atoms with Crippen molar-refractivity contribution >= 4 is 0 Å². The van der Waals surface area contributed by atoms with Gasteiger partial charge in [-0.25, -0.2) is 9.55 Å². The summed E-state index contributed by atoms with van der Waals surface area (Å²) in [6.45, 7) is 0. The molecule has 0 saturated heterocycles. The van der Waals surface area contributed by atoms with Crippen LogP contribution >= 0.6 is 0 Å². The summed E-state index contributed by atoms with van der Waals surface area (Å²) in [5.41, 5.74) is 1.98. The van der Waals surface area contributed by atoms with E-state index in [0.717, 1.165) is 11.3 Å². The Morgan fingerprint density at radius 2 is 2.25 bits per heavy atom. The largest absolute Gasteiger partial charge is 0.250 e. The van der Waals surface area contributed by atoms with E-state index in [9.17, 15) is 0 Å². The lowest BCUT2D eigenvalue weighted by Crippen LogP contribution is -2.26. The minimum atomic E-state index is 0.595. The lowest BCUT2D eigenvalue weighted by Gasteiger charge is -1.97. The Labute approximate surface area is 91.0 Å². The van der Waals surface area contributed by atoms with Crippen LogP contribution in [0.2, 0.25) is 0 Å². The normalized spacial score (nSPS) is 10.5. The van der Waals surface area contributed by atoms with Crippen LogP contribution in [0.4, 0.5) is 0 Å². The molecule has 1 aromatic carbocycles. The van der Waals surface area contributed by atoms with Crippen molar-refractivity contribution in [3.8, 4) is 17.1 Å². The number of nitrogens with one attached hydrogen (secondary N) is 2. The average molecular weight is 213 g/mol. The molecule has 2 aromatic heterocycles. The maximum absolute atomic E-state index is 3.94. The number of tetrazole rings is 1. The number of imidazole rings is 1. The minimum Gasteiger partial charge on any atom is -0.250 e. The number of aromatic amines is 2. The summed E-state index contributed by atoms with van der Waals surface area (Å²) in [6.07, 6.45) is 5.67. The van der Waals surface area contributed by atoms with Crippen LogP contribution in [0, 0.1) is 0 Å². The third-order valence-electron chi connectivity index (χ3n) is 2.29. The molecule has 2 heterocycles. The monoisotopic (exact) mass is 213 g/mol. The van der Waals surface area contributed by atoms with Gasteiger partial charge in [0.2, 0.25) is 12.2 Å². The Morgan fingerprint density at radius 3 is 3.00 bits per heavy atom. The summed E-state index contributed by atoms with van der Waals surface area (Å²) >= 11 is 0. The first kappa shape index (κ1) is 8.78.